The van der Waals surface area contributed by atoms with E-state index in [1.807, 2.05) is 19.1 Å². The second-order valence-electron chi connectivity index (χ2n) is 4.68. The van der Waals surface area contributed by atoms with Crippen molar-refractivity contribution < 1.29 is 19.1 Å². The maximum absolute atomic E-state index is 12.0. The Bertz CT molecular complexity index is 663. The third kappa shape index (κ3) is 3.85. The zero-order valence-electron chi connectivity index (χ0n) is 11.8. The van der Waals surface area contributed by atoms with E-state index in [4.69, 9.17) is 9.52 Å². The third-order valence-corrected chi connectivity index (χ3v) is 2.90. The molecule has 1 heterocycles. The van der Waals surface area contributed by atoms with Crippen molar-refractivity contribution in [1.82, 2.24) is 4.90 Å². The highest BCUT2D eigenvalue weighted by atomic mass is 16.4. The number of carbonyl (C=O) groups is 2. The van der Waals surface area contributed by atoms with E-state index in [2.05, 4.69) is 5.32 Å². The number of aromatic carboxylic acids is 1. The average Bonchev–Trinajstić information content (AvgIpc) is 2.84. The molecule has 2 amide bonds. The lowest BCUT2D eigenvalue weighted by molar-refractivity contribution is 0.0697. The van der Waals surface area contributed by atoms with Crippen LogP contribution >= 0.6 is 0 Å². The predicted molar refractivity (Wildman–Crippen MR) is 77.3 cm³/mol. The number of carbonyl (C=O) groups excluding carboxylic acids is 1. The highest BCUT2D eigenvalue weighted by molar-refractivity contribution is 5.93. The topological polar surface area (TPSA) is 82.8 Å². The molecule has 2 rings (SSSR count). The van der Waals surface area contributed by atoms with Gasteiger partial charge in [-0.05, 0) is 37.3 Å². The van der Waals surface area contributed by atoms with E-state index in [0.29, 0.717) is 18.0 Å². The minimum absolute atomic E-state index is 0.122. The Kier molecular flexibility index (Phi) is 4.27. The molecule has 2 N–H and O–H groups in total. The summed E-state index contributed by atoms with van der Waals surface area (Å²) >= 11 is 0. The van der Waals surface area contributed by atoms with Gasteiger partial charge in [0.05, 0.1) is 12.1 Å². The zero-order chi connectivity index (χ0) is 15.4. The van der Waals surface area contributed by atoms with Gasteiger partial charge >= 0.3 is 12.0 Å². The highest BCUT2D eigenvalue weighted by Gasteiger charge is 2.12. The summed E-state index contributed by atoms with van der Waals surface area (Å²) in [6, 6.07) is 9.39. The minimum atomic E-state index is -1.04. The molecule has 0 atom stereocenters. The number of benzene rings is 1. The summed E-state index contributed by atoms with van der Waals surface area (Å²) in [5, 5.41) is 11.6. The molecule has 0 fully saturated rings. The van der Waals surface area contributed by atoms with E-state index in [-0.39, 0.29) is 11.6 Å². The minimum Gasteiger partial charge on any atom is -0.478 e. The van der Waals surface area contributed by atoms with E-state index in [1.54, 1.807) is 19.2 Å². The number of anilines is 1. The fourth-order valence-corrected chi connectivity index (χ4v) is 1.82. The molecule has 0 aliphatic heterocycles. The maximum atomic E-state index is 12.0. The summed E-state index contributed by atoms with van der Waals surface area (Å²) in [6.07, 6.45) is 0. The van der Waals surface area contributed by atoms with Gasteiger partial charge in [-0.15, -0.1) is 0 Å². The number of carboxylic acids is 1. The van der Waals surface area contributed by atoms with Crippen LogP contribution in [0.4, 0.5) is 10.5 Å². The van der Waals surface area contributed by atoms with Gasteiger partial charge in [-0.2, -0.15) is 0 Å². The molecule has 0 aliphatic rings. The quantitative estimate of drug-likeness (QED) is 0.906. The first kappa shape index (κ1) is 14.6. The predicted octanol–water partition coefficient (Wildman–Crippen LogP) is 2.95. The Labute approximate surface area is 122 Å². The van der Waals surface area contributed by atoms with Gasteiger partial charge in [0.25, 0.3) is 0 Å². The number of nitrogens with one attached hydrogen (secondary N) is 1. The van der Waals surface area contributed by atoms with E-state index < -0.39 is 5.97 Å². The van der Waals surface area contributed by atoms with Crippen molar-refractivity contribution in [3.8, 4) is 0 Å². The second-order valence-corrected chi connectivity index (χ2v) is 4.68. The lowest BCUT2D eigenvalue weighted by Gasteiger charge is -2.16. The summed E-state index contributed by atoms with van der Waals surface area (Å²) < 4.78 is 5.41. The van der Waals surface area contributed by atoms with Gasteiger partial charge in [0, 0.05) is 12.7 Å². The number of amides is 2. The summed E-state index contributed by atoms with van der Waals surface area (Å²) in [5.41, 5.74) is 0.555. The molecule has 110 valence electrons. The molecule has 0 aliphatic carbocycles. The molecule has 6 heteroatoms. The van der Waals surface area contributed by atoms with Crippen molar-refractivity contribution in [3.63, 3.8) is 0 Å². The van der Waals surface area contributed by atoms with Crippen LogP contribution in [-0.2, 0) is 6.54 Å². The molecule has 6 nitrogen and oxygen atoms in total. The molecule has 1 aromatic carbocycles. The fourth-order valence-electron chi connectivity index (χ4n) is 1.82. The first-order valence-electron chi connectivity index (χ1n) is 6.36. The van der Waals surface area contributed by atoms with Crippen LogP contribution < -0.4 is 5.32 Å². The molecule has 0 bridgehead atoms. The van der Waals surface area contributed by atoms with E-state index in [1.165, 1.54) is 17.0 Å². The van der Waals surface area contributed by atoms with Gasteiger partial charge < -0.3 is 19.7 Å². The Balaban J connectivity index is 2.00. The Morgan fingerprint density at radius 2 is 2.05 bits per heavy atom. The second kappa shape index (κ2) is 6.13. The summed E-state index contributed by atoms with van der Waals surface area (Å²) in [5.74, 6) is 0.433. The number of hydrogen-bond donors (Lipinski definition) is 2. The normalized spacial score (nSPS) is 10.2. The van der Waals surface area contributed by atoms with Gasteiger partial charge in [-0.3, -0.25) is 0 Å². The van der Waals surface area contributed by atoms with Crippen molar-refractivity contribution in [3.05, 3.63) is 53.5 Å². The molecular formula is C15H16N2O4. The maximum Gasteiger partial charge on any atom is 0.335 e. The lowest BCUT2D eigenvalue weighted by Crippen LogP contribution is -2.30. The van der Waals surface area contributed by atoms with Crippen LogP contribution in [0.1, 0.15) is 21.9 Å². The first-order valence-corrected chi connectivity index (χ1v) is 6.36. The van der Waals surface area contributed by atoms with Crippen LogP contribution in [-0.4, -0.2) is 29.1 Å². The number of aryl methyl sites for hydroxylation is 1. The largest absolute Gasteiger partial charge is 0.478 e. The van der Waals surface area contributed by atoms with Crippen molar-refractivity contribution >= 4 is 17.7 Å². The average molecular weight is 288 g/mol. The summed E-state index contributed by atoms with van der Waals surface area (Å²) in [4.78, 5) is 24.4. The third-order valence-electron chi connectivity index (χ3n) is 2.90. The number of urea groups is 1. The lowest BCUT2D eigenvalue weighted by atomic mass is 10.2. The number of furan rings is 1. The molecule has 0 radical (unpaired) electrons. The number of carboxylic acid groups (broad SMARTS) is 1. The van der Waals surface area contributed by atoms with Crippen molar-refractivity contribution in [2.24, 2.45) is 0 Å². The van der Waals surface area contributed by atoms with Gasteiger partial charge in [-0.1, -0.05) is 6.07 Å². The van der Waals surface area contributed by atoms with Crippen LogP contribution in [0.3, 0.4) is 0 Å². The van der Waals surface area contributed by atoms with Gasteiger partial charge in [0.15, 0.2) is 0 Å². The molecule has 0 saturated heterocycles. The molecule has 0 spiro atoms. The van der Waals surface area contributed by atoms with Crippen molar-refractivity contribution in [2.45, 2.75) is 13.5 Å². The van der Waals surface area contributed by atoms with Crippen LogP contribution in [0.15, 0.2) is 40.8 Å². The van der Waals surface area contributed by atoms with Gasteiger partial charge in [0.2, 0.25) is 0 Å². The number of nitrogens with zero attached hydrogens (tertiary/aromatic N) is 1. The standard InChI is InChI=1S/C15H16N2O4/c1-10-6-7-13(21-10)9-17(2)15(20)16-12-5-3-4-11(8-12)14(18)19/h3-8H,9H2,1-2H3,(H,16,20)(H,18,19). The smallest absolute Gasteiger partial charge is 0.335 e. The molecule has 0 saturated carbocycles. The molecule has 1 aromatic heterocycles. The Morgan fingerprint density at radius 3 is 2.67 bits per heavy atom. The fraction of sp³-hybridized carbons (Fsp3) is 0.200. The molecule has 0 unspecified atom stereocenters. The van der Waals surface area contributed by atoms with E-state index in [9.17, 15) is 9.59 Å². The van der Waals surface area contributed by atoms with Gasteiger partial charge in [0.1, 0.15) is 11.5 Å². The number of hydrogen-bond acceptors (Lipinski definition) is 3. The van der Waals surface area contributed by atoms with Crippen LogP contribution in [0, 0.1) is 6.92 Å². The van der Waals surface area contributed by atoms with E-state index in [0.717, 1.165) is 5.76 Å². The van der Waals surface area contributed by atoms with Crippen LogP contribution in [0.2, 0.25) is 0 Å². The van der Waals surface area contributed by atoms with E-state index >= 15 is 0 Å². The first-order chi connectivity index (χ1) is 9.95. The van der Waals surface area contributed by atoms with Gasteiger partial charge in [-0.25, -0.2) is 9.59 Å². The Morgan fingerprint density at radius 1 is 1.29 bits per heavy atom. The summed E-state index contributed by atoms with van der Waals surface area (Å²) in [7, 11) is 1.63. The molecular weight excluding hydrogens is 272 g/mol. The number of rotatable bonds is 4. The SMILES string of the molecule is Cc1ccc(CN(C)C(=O)Nc2cccc(C(=O)O)c2)o1. The van der Waals surface area contributed by atoms with Crippen LogP contribution in [0.25, 0.3) is 0 Å². The van der Waals surface area contributed by atoms with Crippen molar-refractivity contribution in [1.29, 1.82) is 0 Å². The molecule has 21 heavy (non-hydrogen) atoms. The Hall–Kier alpha value is -2.76. The summed E-state index contributed by atoms with van der Waals surface area (Å²) in [6.45, 7) is 2.17. The molecule has 2 aromatic rings. The zero-order valence-corrected chi connectivity index (χ0v) is 11.8. The van der Waals surface area contributed by atoms with Crippen molar-refractivity contribution in [2.75, 3.05) is 12.4 Å². The highest BCUT2D eigenvalue weighted by Crippen LogP contribution is 2.13. The van der Waals surface area contributed by atoms with Crippen LogP contribution in [0.5, 0.6) is 0 Å². The monoisotopic (exact) mass is 288 g/mol.